The molecule has 7 heteroatoms. The van der Waals surface area contributed by atoms with Crippen LogP contribution in [0, 0.1) is 5.92 Å². The Kier molecular flexibility index (Phi) is 5.24. The maximum atomic E-state index is 13.2. The van der Waals surface area contributed by atoms with Crippen molar-refractivity contribution in [1.82, 2.24) is 9.80 Å². The molecule has 150 valence electrons. The van der Waals surface area contributed by atoms with Crippen molar-refractivity contribution < 1.29 is 14.4 Å². The van der Waals surface area contributed by atoms with Gasteiger partial charge in [-0.25, -0.2) is 4.79 Å². The molecule has 0 radical (unpaired) electrons. The van der Waals surface area contributed by atoms with Crippen LogP contribution in [-0.2, 0) is 11.2 Å². The van der Waals surface area contributed by atoms with E-state index in [2.05, 4.69) is 0 Å². The fraction of sp³-hybridized carbons (Fsp3) is 0.571. The number of hydrogen-bond acceptors (Lipinski definition) is 3. The Morgan fingerprint density at radius 1 is 0.893 bits per heavy atom. The summed E-state index contributed by atoms with van der Waals surface area (Å²) in [6.45, 7) is 3.64. The number of carbonyl (C=O) groups is 3. The molecule has 0 saturated carbocycles. The van der Waals surface area contributed by atoms with Gasteiger partial charge in [0.2, 0.25) is 11.8 Å². The molecule has 2 saturated heterocycles. The lowest BCUT2D eigenvalue weighted by atomic mass is 9.91. The minimum atomic E-state index is -0.445. The summed E-state index contributed by atoms with van der Waals surface area (Å²) in [7, 11) is 0. The molecular weight excluding hydrogens is 356 g/mol. The Bertz CT molecular complexity index is 780. The number of piperidine rings is 1. The van der Waals surface area contributed by atoms with E-state index < -0.39 is 5.91 Å². The first-order valence-electron chi connectivity index (χ1n) is 10.3. The highest BCUT2D eigenvalue weighted by atomic mass is 16.2. The second-order valence-electron chi connectivity index (χ2n) is 8.00. The highest BCUT2D eigenvalue weighted by molar-refractivity contribution is 6.01. The summed E-state index contributed by atoms with van der Waals surface area (Å²) in [4.78, 5) is 43.2. The number of anilines is 1. The Hall–Kier alpha value is -2.57. The van der Waals surface area contributed by atoms with Crippen molar-refractivity contribution in [3.63, 3.8) is 0 Å². The monoisotopic (exact) mass is 384 g/mol. The number of amides is 4. The second-order valence-corrected chi connectivity index (χ2v) is 8.00. The number of hydrogen-bond donors (Lipinski definition) is 1. The maximum Gasteiger partial charge on any atom is 0.319 e. The van der Waals surface area contributed by atoms with Crippen molar-refractivity contribution >= 4 is 23.5 Å². The molecular formula is C21H28N4O3. The molecule has 0 spiro atoms. The molecule has 2 N–H and O–H groups in total. The first-order valence-corrected chi connectivity index (χ1v) is 10.3. The van der Waals surface area contributed by atoms with Gasteiger partial charge in [0.1, 0.15) is 0 Å². The standard InChI is InChI=1S/C21H28N4O3/c22-19(26)17-5-3-7-18-16(17)6-4-12-25(18)20(27)15-8-13-24(14-9-15)21(28)23-10-1-2-11-23/h3,5,7,15H,1-2,4,6,8-14H2,(H2,22,26). The molecule has 4 rings (SSSR count). The third kappa shape index (κ3) is 3.45. The molecule has 0 aliphatic carbocycles. The third-order valence-electron chi connectivity index (χ3n) is 6.27. The van der Waals surface area contributed by atoms with Crippen molar-refractivity contribution in [2.45, 2.75) is 38.5 Å². The largest absolute Gasteiger partial charge is 0.366 e. The lowest BCUT2D eigenvalue weighted by Gasteiger charge is -2.37. The highest BCUT2D eigenvalue weighted by Crippen LogP contribution is 2.32. The average Bonchev–Trinajstić information content (AvgIpc) is 3.26. The molecule has 1 aromatic carbocycles. The summed E-state index contributed by atoms with van der Waals surface area (Å²) in [6.07, 6.45) is 5.15. The Morgan fingerprint density at radius 3 is 2.25 bits per heavy atom. The predicted molar refractivity (Wildman–Crippen MR) is 106 cm³/mol. The van der Waals surface area contributed by atoms with Crippen LogP contribution in [0.4, 0.5) is 10.5 Å². The predicted octanol–water partition coefficient (Wildman–Crippen LogP) is 1.99. The first kappa shape index (κ1) is 18.8. The number of nitrogens with zero attached hydrogens (tertiary/aromatic N) is 3. The highest BCUT2D eigenvalue weighted by Gasteiger charge is 2.34. The zero-order valence-electron chi connectivity index (χ0n) is 16.2. The van der Waals surface area contributed by atoms with Gasteiger partial charge in [0.25, 0.3) is 0 Å². The van der Waals surface area contributed by atoms with Gasteiger partial charge in [-0.2, -0.15) is 0 Å². The zero-order valence-corrected chi connectivity index (χ0v) is 16.2. The van der Waals surface area contributed by atoms with Crippen molar-refractivity contribution in [2.24, 2.45) is 11.7 Å². The maximum absolute atomic E-state index is 13.2. The minimum absolute atomic E-state index is 0.0780. The third-order valence-corrected chi connectivity index (χ3v) is 6.27. The molecule has 0 atom stereocenters. The van der Waals surface area contributed by atoms with Gasteiger partial charge in [0, 0.05) is 49.9 Å². The lowest BCUT2D eigenvalue weighted by molar-refractivity contribution is -0.123. The Balaban J connectivity index is 1.43. The van der Waals surface area contributed by atoms with E-state index in [0.29, 0.717) is 38.0 Å². The van der Waals surface area contributed by atoms with Gasteiger partial charge in [-0.15, -0.1) is 0 Å². The van der Waals surface area contributed by atoms with Crippen LogP contribution in [0.25, 0.3) is 0 Å². The quantitative estimate of drug-likeness (QED) is 0.846. The number of primary amides is 1. The van der Waals surface area contributed by atoms with Crippen LogP contribution in [0.3, 0.4) is 0 Å². The van der Waals surface area contributed by atoms with Crippen LogP contribution in [0.5, 0.6) is 0 Å². The first-order chi connectivity index (χ1) is 13.6. The van der Waals surface area contributed by atoms with Gasteiger partial charge in [0.05, 0.1) is 0 Å². The summed E-state index contributed by atoms with van der Waals surface area (Å²) in [5, 5.41) is 0. The molecule has 28 heavy (non-hydrogen) atoms. The van der Waals surface area contributed by atoms with Crippen LogP contribution in [0.1, 0.15) is 48.0 Å². The van der Waals surface area contributed by atoms with Crippen molar-refractivity contribution in [3.05, 3.63) is 29.3 Å². The number of fused-ring (bicyclic) bond motifs is 1. The Labute approximate surface area is 165 Å². The summed E-state index contributed by atoms with van der Waals surface area (Å²) in [5.41, 5.74) is 7.74. The van der Waals surface area contributed by atoms with Crippen LogP contribution in [-0.4, -0.2) is 60.4 Å². The van der Waals surface area contributed by atoms with Gasteiger partial charge in [-0.3, -0.25) is 9.59 Å². The van der Waals surface area contributed by atoms with Crippen LogP contribution in [0.15, 0.2) is 18.2 Å². The zero-order chi connectivity index (χ0) is 19.7. The molecule has 7 nitrogen and oxygen atoms in total. The Morgan fingerprint density at radius 2 is 1.57 bits per heavy atom. The van der Waals surface area contributed by atoms with Gasteiger partial charge in [-0.1, -0.05) is 6.07 Å². The topological polar surface area (TPSA) is 87.0 Å². The van der Waals surface area contributed by atoms with E-state index in [-0.39, 0.29) is 17.9 Å². The fourth-order valence-electron chi connectivity index (χ4n) is 4.73. The SMILES string of the molecule is NC(=O)c1cccc2c1CCCN2C(=O)C1CCN(C(=O)N2CCCC2)CC1. The summed E-state index contributed by atoms with van der Waals surface area (Å²) >= 11 is 0. The number of urea groups is 1. The lowest BCUT2D eigenvalue weighted by Crippen LogP contribution is -2.49. The summed E-state index contributed by atoms with van der Waals surface area (Å²) in [5.74, 6) is -0.415. The van der Waals surface area contributed by atoms with E-state index in [1.807, 2.05) is 20.8 Å². The van der Waals surface area contributed by atoms with Crippen molar-refractivity contribution in [2.75, 3.05) is 37.6 Å². The van der Waals surface area contributed by atoms with E-state index in [9.17, 15) is 14.4 Å². The minimum Gasteiger partial charge on any atom is -0.366 e. The molecule has 4 amide bonds. The fourth-order valence-corrected chi connectivity index (χ4v) is 4.73. The van der Waals surface area contributed by atoms with Crippen LogP contribution in [0.2, 0.25) is 0 Å². The van der Waals surface area contributed by atoms with Crippen LogP contribution < -0.4 is 10.6 Å². The van der Waals surface area contributed by atoms with E-state index in [1.165, 1.54) is 0 Å². The number of nitrogens with two attached hydrogens (primary N) is 1. The van der Waals surface area contributed by atoms with E-state index in [4.69, 9.17) is 5.73 Å². The molecule has 1 aromatic rings. The van der Waals surface area contributed by atoms with Gasteiger partial charge < -0.3 is 20.4 Å². The van der Waals surface area contributed by atoms with Crippen molar-refractivity contribution in [1.29, 1.82) is 0 Å². The smallest absolute Gasteiger partial charge is 0.319 e. The number of likely N-dealkylation sites (tertiary alicyclic amines) is 2. The number of benzene rings is 1. The van der Waals surface area contributed by atoms with Crippen molar-refractivity contribution in [3.8, 4) is 0 Å². The van der Waals surface area contributed by atoms with Gasteiger partial charge in [-0.05, 0) is 56.2 Å². The molecule has 3 heterocycles. The van der Waals surface area contributed by atoms with E-state index >= 15 is 0 Å². The van der Waals surface area contributed by atoms with E-state index in [1.54, 1.807) is 12.1 Å². The molecule has 0 bridgehead atoms. The van der Waals surface area contributed by atoms with Crippen LogP contribution >= 0.6 is 0 Å². The van der Waals surface area contributed by atoms with E-state index in [0.717, 1.165) is 50.0 Å². The molecule has 3 aliphatic heterocycles. The summed E-state index contributed by atoms with van der Waals surface area (Å²) in [6, 6.07) is 5.56. The molecule has 2 fully saturated rings. The normalized spacial score (nSPS) is 20.2. The summed E-state index contributed by atoms with van der Waals surface area (Å²) < 4.78 is 0. The van der Waals surface area contributed by atoms with Gasteiger partial charge in [0.15, 0.2) is 0 Å². The number of rotatable bonds is 2. The molecule has 3 aliphatic rings. The molecule has 0 aromatic heterocycles. The average molecular weight is 384 g/mol. The molecule has 0 unspecified atom stereocenters. The van der Waals surface area contributed by atoms with Gasteiger partial charge >= 0.3 is 6.03 Å². The number of carbonyl (C=O) groups excluding carboxylic acids is 3. The second kappa shape index (κ2) is 7.81.